The number of amides is 1. The zero-order valence-corrected chi connectivity index (χ0v) is 17.1. The quantitative estimate of drug-likeness (QED) is 0.680. The zero-order valence-electron chi connectivity index (χ0n) is 16.3. The maximum Gasteiger partial charge on any atom is 0.270 e. The summed E-state index contributed by atoms with van der Waals surface area (Å²) in [5.74, 6) is -0.817. The second-order valence-corrected chi connectivity index (χ2v) is 9.96. The van der Waals surface area contributed by atoms with E-state index in [1.807, 2.05) is 0 Å². The van der Waals surface area contributed by atoms with Gasteiger partial charge in [-0.05, 0) is 48.4 Å². The van der Waals surface area contributed by atoms with Gasteiger partial charge in [-0.25, -0.2) is 27.6 Å². The van der Waals surface area contributed by atoms with Crippen LogP contribution in [0.5, 0.6) is 5.88 Å². The lowest BCUT2D eigenvalue weighted by atomic mass is 9.96. The molecule has 2 aromatic rings. The molecule has 4 N–H and O–H groups in total. The van der Waals surface area contributed by atoms with Crippen molar-refractivity contribution in [2.24, 2.45) is 5.14 Å². The molecular weight excluding hydrogens is 416 g/mol. The molecule has 1 aromatic carbocycles. The number of anilines is 1. The molecule has 8 nitrogen and oxygen atoms in total. The summed E-state index contributed by atoms with van der Waals surface area (Å²) in [4.78, 5) is 13.1. The van der Waals surface area contributed by atoms with Crippen LogP contribution >= 0.6 is 0 Å². The molecular formula is C19H21F2N5O3S. The second-order valence-electron chi connectivity index (χ2n) is 8.32. The van der Waals surface area contributed by atoms with Gasteiger partial charge in [0, 0.05) is 18.5 Å². The average Bonchev–Trinajstić information content (AvgIpc) is 3.39. The van der Waals surface area contributed by atoms with Crippen molar-refractivity contribution in [3.8, 4) is 5.88 Å². The number of benzene rings is 1. The number of carbonyl (C=O) groups is 1. The van der Waals surface area contributed by atoms with Crippen LogP contribution in [0.4, 0.5) is 14.5 Å². The van der Waals surface area contributed by atoms with Gasteiger partial charge in [0.25, 0.3) is 5.91 Å². The van der Waals surface area contributed by atoms with E-state index in [4.69, 9.17) is 14.7 Å². The van der Waals surface area contributed by atoms with Crippen molar-refractivity contribution in [3.05, 3.63) is 34.3 Å². The molecule has 160 valence electrons. The molecule has 3 atom stereocenters. The Bertz CT molecular complexity index is 1210. The second kappa shape index (κ2) is 6.24. The Morgan fingerprint density at radius 1 is 1.37 bits per heavy atom. The maximum absolute atomic E-state index is 14.9. The third kappa shape index (κ3) is 2.75. The van der Waals surface area contributed by atoms with Crippen LogP contribution < -0.4 is 15.2 Å². The Kier molecular flexibility index (Phi) is 4.04. The Morgan fingerprint density at radius 3 is 2.80 bits per heavy atom. The maximum atomic E-state index is 14.9. The molecule has 1 aromatic heterocycles. The van der Waals surface area contributed by atoms with Crippen LogP contribution in [0.1, 0.15) is 35.6 Å². The number of fused-ring (bicyclic) bond motifs is 3. The van der Waals surface area contributed by atoms with Crippen LogP contribution in [0.3, 0.4) is 0 Å². The number of aromatic nitrogens is 2. The van der Waals surface area contributed by atoms with Gasteiger partial charge in [-0.15, -0.1) is 0 Å². The number of ether oxygens (including phenoxy) is 1. The number of halogens is 2. The van der Waals surface area contributed by atoms with Crippen LogP contribution in [0.15, 0.2) is 11.1 Å². The summed E-state index contributed by atoms with van der Waals surface area (Å²) in [7, 11) is -3.57. The Balaban J connectivity index is 1.49. The van der Waals surface area contributed by atoms with Gasteiger partial charge in [-0.1, -0.05) is 0 Å². The molecule has 1 amide bonds. The van der Waals surface area contributed by atoms with E-state index in [0.717, 1.165) is 12.0 Å². The van der Waals surface area contributed by atoms with Gasteiger partial charge in [0.05, 0.1) is 12.7 Å². The summed E-state index contributed by atoms with van der Waals surface area (Å²) >= 11 is 0. The van der Waals surface area contributed by atoms with Gasteiger partial charge in [-0.2, -0.15) is 5.10 Å². The van der Waals surface area contributed by atoms with Gasteiger partial charge < -0.3 is 10.1 Å². The zero-order chi connectivity index (χ0) is 21.4. The predicted octanol–water partition coefficient (Wildman–Crippen LogP) is 2.02. The third-order valence-electron chi connectivity index (χ3n) is 6.15. The van der Waals surface area contributed by atoms with E-state index in [-0.39, 0.29) is 36.0 Å². The highest BCUT2D eigenvalue weighted by atomic mass is 32.2. The van der Waals surface area contributed by atoms with E-state index >= 15 is 0 Å². The first kappa shape index (κ1) is 19.4. The van der Waals surface area contributed by atoms with E-state index in [0.29, 0.717) is 35.2 Å². The largest absolute Gasteiger partial charge is 0.458 e. The number of rotatable bonds is 3. The molecule has 11 heteroatoms. The Morgan fingerprint density at radius 2 is 2.07 bits per heavy atom. The third-order valence-corrected chi connectivity index (χ3v) is 7.08. The fourth-order valence-corrected chi connectivity index (χ4v) is 5.30. The Labute approximate surface area is 171 Å². The molecule has 0 fully saturated rings. The molecule has 0 saturated heterocycles. The highest BCUT2D eigenvalue weighted by molar-refractivity contribution is 7.90. The molecule has 0 radical (unpaired) electrons. The molecule has 0 saturated carbocycles. The van der Waals surface area contributed by atoms with E-state index < -0.39 is 27.6 Å². The number of hydrogen-bond donors (Lipinski definition) is 3. The van der Waals surface area contributed by atoms with Gasteiger partial charge in [0.2, 0.25) is 11.5 Å². The van der Waals surface area contributed by atoms with Gasteiger partial charge in [0.1, 0.15) is 26.8 Å². The minimum absolute atomic E-state index is 0.0121. The van der Waals surface area contributed by atoms with Crippen molar-refractivity contribution in [1.29, 1.82) is 4.78 Å². The fraction of sp³-hybridized carbons (Fsp3) is 0.474. The van der Waals surface area contributed by atoms with Crippen molar-refractivity contribution >= 4 is 21.5 Å². The average molecular weight is 437 g/mol. The van der Waals surface area contributed by atoms with Crippen molar-refractivity contribution in [2.75, 3.05) is 5.32 Å². The van der Waals surface area contributed by atoms with Gasteiger partial charge >= 0.3 is 0 Å². The molecule has 2 unspecified atom stereocenters. The van der Waals surface area contributed by atoms with Crippen LogP contribution in [0.2, 0.25) is 0 Å². The summed E-state index contributed by atoms with van der Waals surface area (Å²) in [6.45, 7) is 1.58. The van der Waals surface area contributed by atoms with E-state index in [2.05, 4.69) is 10.4 Å². The number of nitrogens with zero attached hydrogens (tertiary/aromatic N) is 2. The van der Waals surface area contributed by atoms with E-state index in [1.165, 1.54) is 10.9 Å². The van der Waals surface area contributed by atoms with Crippen molar-refractivity contribution in [1.82, 2.24) is 9.78 Å². The summed E-state index contributed by atoms with van der Waals surface area (Å²) in [6, 6.07) is 0. The lowest BCUT2D eigenvalue weighted by molar-refractivity contribution is -0.129. The number of carbonyl (C=O) groups excluding carboxylic acids is 1. The standard InChI is InChI=1S/C19H21F2N5O3S/c1-19(8-26-17(29-19)14(7-24-26)30(22,23)28)18(27)25-16-11-4-2-3-10(11)15(21)12-5-9(20)6-13(12)16/h7,9H,2-6,8H2,1H3,(H,25,27)(H3,22,23,28)/t9-,19?/m0/s1. The van der Waals surface area contributed by atoms with E-state index in [9.17, 15) is 17.8 Å². The monoisotopic (exact) mass is 437 g/mol. The van der Waals surface area contributed by atoms with E-state index in [1.54, 1.807) is 6.92 Å². The summed E-state index contributed by atoms with van der Waals surface area (Å²) in [6.07, 6.45) is 2.05. The van der Waals surface area contributed by atoms with Gasteiger partial charge in [-0.3, -0.25) is 4.79 Å². The minimum atomic E-state index is -3.57. The fourth-order valence-electron chi connectivity index (χ4n) is 4.69. The number of alkyl halides is 1. The topological polar surface area (TPSA) is 123 Å². The SMILES string of the molecule is CC1(C(=O)Nc2c3c(c(F)c4c2C[C@@H](F)C4)CCC3)Cn2ncc(S(=N)(N)=O)c2O1. The molecule has 30 heavy (non-hydrogen) atoms. The molecule has 0 spiro atoms. The van der Waals surface area contributed by atoms with Crippen LogP contribution in [-0.4, -0.2) is 31.7 Å². The molecule has 0 bridgehead atoms. The Hall–Kier alpha value is -2.53. The summed E-state index contributed by atoms with van der Waals surface area (Å²) in [5.41, 5.74) is 1.24. The lowest BCUT2D eigenvalue weighted by Crippen LogP contribution is -2.45. The number of hydrogen-bond acceptors (Lipinski definition) is 5. The first-order valence-corrected chi connectivity index (χ1v) is 11.3. The van der Waals surface area contributed by atoms with Crippen LogP contribution in [-0.2, 0) is 46.9 Å². The van der Waals surface area contributed by atoms with Crippen LogP contribution in [0.25, 0.3) is 0 Å². The molecule has 2 heterocycles. The normalized spacial score (nSPS) is 25.9. The molecule has 1 aliphatic heterocycles. The first-order chi connectivity index (χ1) is 14.1. The highest BCUT2D eigenvalue weighted by Crippen LogP contribution is 2.42. The van der Waals surface area contributed by atoms with Crippen molar-refractivity contribution in [3.63, 3.8) is 0 Å². The number of nitrogens with one attached hydrogen (secondary N) is 2. The summed E-state index contributed by atoms with van der Waals surface area (Å²) in [5, 5.41) is 12.3. The molecule has 5 rings (SSSR count). The first-order valence-electron chi connectivity index (χ1n) is 9.70. The minimum Gasteiger partial charge on any atom is -0.458 e. The lowest BCUT2D eigenvalue weighted by Gasteiger charge is -2.24. The smallest absolute Gasteiger partial charge is 0.270 e. The van der Waals surface area contributed by atoms with Crippen molar-refractivity contribution < 1.29 is 22.5 Å². The van der Waals surface area contributed by atoms with Crippen molar-refractivity contribution in [2.45, 2.75) is 62.2 Å². The van der Waals surface area contributed by atoms with Crippen LogP contribution in [0, 0.1) is 10.6 Å². The highest BCUT2D eigenvalue weighted by Gasteiger charge is 2.46. The number of nitrogens with two attached hydrogens (primary N) is 1. The predicted molar refractivity (Wildman–Crippen MR) is 104 cm³/mol. The molecule has 3 aliphatic rings. The molecule has 2 aliphatic carbocycles. The summed E-state index contributed by atoms with van der Waals surface area (Å²) < 4.78 is 55.6. The van der Waals surface area contributed by atoms with Gasteiger partial charge in [0.15, 0.2) is 0 Å².